The van der Waals surface area contributed by atoms with E-state index in [4.69, 9.17) is 4.74 Å². The summed E-state index contributed by atoms with van der Waals surface area (Å²) in [7, 11) is 1.79. The number of benzene rings is 2. The molecule has 0 aromatic heterocycles. The molecule has 2 aliphatic rings. The van der Waals surface area contributed by atoms with Crippen LogP contribution in [0.4, 0.5) is 4.39 Å². The van der Waals surface area contributed by atoms with Crippen molar-refractivity contribution < 1.29 is 9.13 Å². The number of ether oxygens (including phenoxy) is 1. The van der Waals surface area contributed by atoms with E-state index in [1.54, 1.807) is 19.2 Å². The summed E-state index contributed by atoms with van der Waals surface area (Å²) in [6, 6.07) is 17.7. The average Bonchev–Trinajstić information content (AvgIpc) is 3.59. The lowest BCUT2D eigenvalue weighted by molar-refractivity contribution is 0.0169. The summed E-state index contributed by atoms with van der Waals surface area (Å²) in [5.74, 6) is 0.582. The van der Waals surface area contributed by atoms with Crippen LogP contribution in [0.5, 0.6) is 0 Å². The van der Waals surface area contributed by atoms with Crippen molar-refractivity contribution in [1.82, 2.24) is 15.5 Å². The number of morpholine rings is 1. The predicted octanol–water partition coefficient (Wildman–Crippen LogP) is 3.71. The van der Waals surface area contributed by atoms with E-state index in [9.17, 15) is 4.39 Å². The van der Waals surface area contributed by atoms with Crippen molar-refractivity contribution in [2.24, 2.45) is 4.99 Å². The number of hydrogen-bond acceptors (Lipinski definition) is 3. The largest absolute Gasteiger partial charge is 0.379 e. The van der Waals surface area contributed by atoms with Gasteiger partial charge in [-0.05, 0) is 36.1 Å². The van der Waals surface area contributed by atoms with Crippen molar-refractivity contribution in [2.75, 3.05) is 46.4 Å². The summed E-state index contributed by atoms with van der Waals surface area (Å²) in [5.41, 5.74) is 2.58. The maximum absolute atomic E-state index is 13.9. The van der Waals surface area contributed by atoms with E-state index in [0.29, 0.717) is 19.8 Å². The predicted molar refractivity (Wildman–Crippen MR) is 134 cm³/mol. The summed E-state index contributed by atoms with van der Waals surface area (Å²) < 4.78 is 19.4. The molecule has 31 heavy (non-hydrogen) atoms. The van der Waals surface area contributed by atoms with Crippen LogP contribution >= 0.6 is 24.0 Å². The number of aliphatic imine (C=N–C) groups is 1. The molecule has 2 aromatic carbocycles. The monoisotopic (exact) mass is 538 g/mol. The van der Waals surface area contributed by atoms with Gasteiger partial charge < -0.3 is 15.4 Å². The fourth-order valence-corrected chi connectivity index (χ4v) is 4.24. The molecule has 7 heteroatoms. The number of halogens is 2. The quantitative estimate of drug-likeness (QED) is 0.321. The van der Waals surface area contributed by atoms with E-state index >= 15 is 0 Å². The first kappa shape index (κ1) is 23.9. The lowest BCUT2D eigenvalue weighted by Crippen LogP contribution is -2.47. The molecule has 0 bridgehead atoms. The Morgan fingerprint density at radius 3 is 2.48 bits per heavy atom. The number of guanidine groups is 1. The molecule has 0 radical (unpaired) electrons. The van der Waals surface area contributed by atoms with E-state index < -0.39 is 0 Å². The first-order valence-electron chi connectivity index (χ1n) is 10.8. The van der Waals surface area contributed by atoms with Gasteiger partial charge in [0.05, 0.1) is 19.3 Å². The summed E-state index contributed by atoms with van der Waals surface area (Å²) in [6.07, 6.45) is 2.39. The van der Waals surface area contributed by atoms with Gasteiger partial charge in [-0.3, -0.25) is 9.89 Å². The second-order valence-corrected chi connectivity index (χ2v) is 8.17. The fourth-order valence-electron chi connectivity index (χ4n) is 4.24. The summed E-state index contributed by atoms with van der Waals surface area (Å²) >= 11 is 0. The Hall–Kier alpha value is -1.71. The Balaban J connectivity index is 0.00000272. The molecule has 1 saturated carbocycles. The molecule has 1 aliphatic heterocycles. The van der Waals surface area contributed by atoms with Crippen LogP contribution in [-0.4, -0.2) is 57.3 Å². The smallest absolute Gasteiger partial charge is 0.191 e. The van der Waals surface area contributed by atoms with Crippen LogP contribution in [0.25, 0.3) is 0 Å². The van der Waals surface area contributed by atoms with E-state index in [1.807, 2.05) is 6.07 Å². The third kappa shape index (κ3) is 6.17. The van der Waals surface area contributed by atoms with Crippen molar-refractivity contribution >= 4 is 29.9 Å². The van der Waals surface area contributed by atoms with Gasteiger partial charge >= 0.3 is 0 Å². The van der Waals surface area contributed by atoms with Gasteiger partial charge in [0.2, 0.25) is 0 Å². The van der Waals surface area contributed by atoms with E-state index in [0.717, 1.165) is 31.2 Å². The first-order valence-corrected chi connectivity index (χ1v) is 10.8. The van der Waals surface area contributed by atoms with Crippen molar-refractivity contribution in [3.63, 3.8) is 0 Å². The lowest BCUT2D eigenvalue weighted by atomic mass is 9.96. The van der Waals surface area contributed by atoms with Gasteiger partial charge in [0.1, 0.15) is 5.82 Å². The van der Waals surface area contributed by atoms with Crippen LogP contribution in [0, 0.1) is 5.82 Å². The Bertz CT molecular complexity index is 854. The molecule has 4 rings (SSSR count). The van der Waals surface area contributed by atoms with E-state index in [1.165, 1.54) is 24.5 Å². The Kier molecular flexibility index (Phi) is 8.68. The normalized spacial score (nSPS) is 19.2. The average molecular weight is 538 g/mol. The molecular formula is C24H32FIN4O. The maximum Gasteiger partial charge on any atom is 0.191 e. The summed E-state index contributed by atoms with van der Waals surface area (Å²) in [5, 5.41) is 6.98. The van der Waals surface area contributed by atoms with Crippen LogP contribution in [0.2, 0.25) is 0 Å². The molecule has 0 spiro atoms. The number of nitrogens with one attached hydrogen (secondary N) is 2. The van der Waals surface area contributed by atoms with Crippen LogP contribution in [0.1, 0.15) is 30.0 Å². The minimum absolute atomic E-state index is 0. The third-order valence-corrected chi connectivity index (χ3v) is 6.24. The molecule has 0 amide bonds. The van der Waals surface area contributed by atoms with Gasteiger partial charge in [0.15, 0.2) is 5.96 Å². The standard InChI is InChI=1S/C24H31FN4O.HI/c1-26-23(28-18-24(10-11-24)20-7-3-2-4-8-20)27-17-22(29-12-14-30-15-13-29)19-6-5-9-21(25)16-19;/h2-9,16,22H,10-15,17-18H2,1H3,(H2,26,27,28);1H. The molecular weight excluding hydrogens is 506 g/mol. The molecule has 1 unspecified atom stereocenters. The lowest BCUT2D eigenvalue weighted by Gasteiger charge is -2.35. The second-order valence-electron chi connectivity index (χ2n) is 8.17. The molecule has 1 atom stereocenters. The molecule has 1 heterocycles. The van der Waals surface area contributed by atoms with Crippen molar-refractivity contribution in [3.05, 3.63) is 71.5 Å². The van der Waals surface area contributed by atoms with Crippen LogP contribution in [0.15, 0.2) is 59.6 Å². The highest BCUT2D eigenvalue weighted by Gasteiger charge is 2.44. The van der Waals surface area contributed by atoms with Gasteiger partial charge in [0.25, 0.3) is 0 Å². The molecule has 1 aliphatic carbocycles. The van der Waals surface area contributed by atoms with Crippen molar-refractivity contribution in [1.29, 1.82) is 0 Å². The zero-order chi connectivity index (χ0) is 20.8. The van der Waals surface area contributed by atoms with Crippen molar-refractivity contribution in [3.8, 4) is 0 Å². The van der Waals surface area contributed by atoms with Gasteiger partial charge in [-0.1, -0.05) is 42.5 Å². The molecule has 168 valence electrons. The van der Waals surface area contributed by atoms with Gasteiger partial charge in [-0.15, -0.1) is 24.0 Å². The molecule has 5 nitrogen and oxygen atoms in total. The molecule has 1 saturated heterocycles. The van der Waals surface area contributed by atoms with Crippen LogP contribution in [0.3, 0.4) is 0 Å². The Morgan fingerprint density at radius 2 is 1.84 bits per heavy atom. The number of nitrogens with zero attached hydrogens (tertiary/aromatic N) is 2. The van der Waals surface area contributed by atoms with E-state index in [2.05, 4.69) is 50.9 Å². The maximum atomic E-state index is 13.9. The fraction of sp³-hybridized carbons (Fsp3) is 0.458. The molecule has 2 aromatic rings. The number of hydrogen-bond donors (Lipinski definition) is 2. The molecule has 2 fully saturated rings. The minimum Gasteiger partial charge on any atom is -0.379 e. The number of rotatable bonds is 7. The zero-order valence-electron chi connectivity index (χ0n) is 18.0. The van der Waals surface area contributed by atoms with Crippen molar-refractivity contribution in [2.45, 2.75) is 24.3 Å². The highest BCUT2D eigenvalue weighted by atomic mass is 127. The first-order chi connectivity index (χ1) is 14.7. The minimum atomic E-state index is -0.202. The Labute approximate surface area is 201 Å². The molecule has 2 N–H and O–H groups in total. The third-order valence-electron chi connectivity index (χ3n) is 6.24. The zero-order valence-corrected chi connectivity index (χ0v) is 20.3. The summed E-state index contributed by atoms with van der Waals surface area (Å²) in [6.45, 7) is 4.61. The summed E-state index contributed by atoms with van der Waals surface area (Å²) in [4.78, 5) is 6.77. The van der Waals surface area contributed by atoms with E-state index in [-0.39, 0.29) is 41.3 Å². The highest BCUT2D eigenvalue weighted by Crippen LogP contribution is 2.47. The Morgan fingerprint density at radius 1 is 1.10 bits per heavy atom. The van der Waals surface area contributed by atoms with Crippen LogP contribution < -0.4 is 10.6 Å². The van der Waals surface area contributed by atoms with Gasteiger partial charge in [-0.2, -0.15) is 0 Å². The SMILES string of the molecule is CN=C(NCC(c1cccc(F)c1)N1CCOCC1)NCC1(c2ccccc2)CC1.I. The highest BCUT2D eigenvalue weighted by molar-refractivity contribution is 14.0. The van der Waals surface area contributed by atoms with Crippen LogP contribution in [-0.2, 0) is 10.2 Å². The van der Waals surface area contributed by atoms with Gasteiger partial charge in [0, 0.05) is 38.6 Å². The second kappa shape index (κ2) is 11.2. The van der Waals surface area contributed by atoms with Gasteiger partial charge in [-0.25, -0.2) is 4.39 Å². The topological polar surface area (TPSA) is 48.9 Å².